The summed E-state index contributed by atoms with van der Waals surface area (Å²) in [6.07, 6.45) is 0.488. The zero-order valence-corrected chi connectivity index (χ0v) is 17.6. The summed E-state index contributed by atoms with van der Waals surface area (Å²) in [5.74, 6) is 1.99. The number of nitrogens with one attached hydrogen (secondary N) is 2. The minimum Gasteiger partial charge on any atom is -0.497 e. The van der Waals surface area contributed by atoms with Crippen LogP contribution in [-0.4, -0.2) is 39.4 Å². The van der Waals surface area contributed by atoms with E-state index in [1.54, 1.807) is 35.9 Å². The van der Waals surface area contributed by atoms with Crippen molar-refractivity contribution in [2.75, 3.05) is 19.0 Å². The van der Waals surface area contributed by atoms with Crippen LogP contribution >= 0.6 is 11.6 Å². The highest BCUT2D eigenvalue weighted by Gasteiger charge is 2.10. The minimum atomic E-state index is -0.189. The van der Waals surface area contributed by atoms with Gasteiger partial charge in [0.2, 0.25) is 0 Å². The molecule has 4 rings (SSSR count). The predicted molar refractivity (Wildman–Crippen MR) is 119 cm³/mol. The Bertz CT molecular complexity index is 1190. The Labute approximate surface area is 184 Å². The number of anilines is 1. The maximum atomic E-state index is 12.3. The van der Waals surface area contributed by atoms with Crippen LogP contribution in [0.5, 0.6) is 5.75 Å². The van der Waals surface area contributed by atoms with Gasteiger partial charge < -0.3 is 15.4 Å². The number of benzene rings is 2. The van der Waals surface area contributed by atoms with E-state index in [9.17, 15) is 4.79 Å². The average molecular weight is 437 g/mol. The number of ether oxygens (including phenoxy) is 1. The van der Waals surface area contributed by atoms with E-state index in [4.69, 9.17) is 16.3 Å². The first-order valence-corrected chi connectivity index (χ1v) is 10.1. The van der Waals surface area contributed by atoms with E-state index in [0.29, 0.717) is 47.4 Å². The van der Waals surface area contributed by atoms with Gasteiger partial charge in [-0.2, -0.15) is 4.52 Å². The van der Waals surface area contributed by atoms with Gasteiger partial charge in [-0.1, -0.05) is 29.8 Å². The first-order valence-electron chi connectivity index (χ1n) is 9.74. The van der Waals surface area contributed by atoms with Crippen LogP contribution in [-0.2, 0) is 13.0 Å². The summed E-state index contributed by atoms with van der Waals surface area (Å²) in [5, 5.41) is 19.6. The van der Waals surface area contributed by atoms with Crippen LogP contribution in [0.2, 0.25) is 5.02 Å². The number of hydrogen-bond donors (Lipinski definition) is 2. The summed E-state index contributed by atoms with van der Waals surface area (Å²) in [5.41, 5.74) is 2.27. The quantitative estimate of drug-likeness (QED) is 0.440. The number of methoxy groups -OCH3 is 1. The second-order valence-corrected chi connectivity index (χ2v) is 7.26. The van der Waals surface area contributed by atoms with Crippen molar-refractivity contribution in [1.82, 2.24) is 25.1 Å². The van der Waals surface area contributed by atoms with Crippen LogP contribution in [0, 0.1) is 0 Å². The van der Waals surface area contributed by atoms with Crippen molar-refractivity contribution in [3.05, 3.63) is 82.6 Å². The van der Waals surface area contributed by atoms with Crippen LogP contribution in [0.25, 0.3) is 5.65 Å². The molecule has 2 aromatic heterocycles. The lowest BCUT2D eigenvalue weighted by Gasteiger charge is -2.08. The SMILES string of the molecule is COc1ccc(CNc2ccc3nnc(CCNC(=O)c4cccc(Cl)c4)n3n2)cc1. The Morgan fingerprint density at radius 2 is 1.94 bits per heavy atom. The standard InChI is InChI=1S/C22H21ClN6O2/c1-31-18-7-5-15(6-8-18)14-25-19-9-10-20-26-27-21(29(20)28-19)11-12-24-22(30)16-3-2-4-17(23)13-16/h2-10,13H,11-12,14H2,1H3,(H,24,30)(H,25,28). The van der Waals surface area contributed by atoms with E-state index < -0.39 is 0 Å². The summed E-state index contributed by atoms with van der Waals surface area (Å²) < 4.78 is 6.86. The summed E-state index contributed by atoms with van der Waals surface area (Å²) in [4.78, 5) is 12.3. The molecule has 0 saturated carbocycles. The van der Waals surface area contributed by atoms with Gasteiger partial charge in [-0.15, -0.1) is 15.3 Å². The molecule has 1 amide bonds. The Kier molecular flexibility index (Phi) is 6.28. The van der Waals surface area contributed by atoms with Gasteiger partial charge in [-0.05, 0) is 48.0 Å². The van der Waals surface area contributed by atoms with Crippen molar-refractivity contribution < 1.29 is 9.53 Å². The third kappa shape index (κ3) is 5.10. The number of halogens is 1. The highest BCUT2D eigenvalue weighted by molar-refractivity contribution is 6.30. The molecule has 0 atom stereocenters. The fourth-order valence-electron chi connectivity index (χ4n) is 3.04. The summed E-state index contributed by atoms with van der Waals surface area (Å²) in [7, 11) is 1.64. The van der Waals surface area contributed by atoms with Gasteiger partial charge in [-0.3, -0.25) is 4.79 Å². The number of hydrogen-bond acceptors (Lipinski definition) is 6. The first kappa shape index (κ1) is 20.6. The van der Waals surface area contributed by atoms with E-state index in [2.05, 4.69) is 25.9 Å². The molecule has 0 radical (unpaired) electrons. The summed E-state index contributed by atoms with van der Waals surface area (Å²) in [6, 6.07) is 18.4. The van der Waals surface area contributed by atoms with E-state index in [-0.39, 0.29) is 5.91 Å². The van der Waals surface area contributed by atoms with E-state index in [1.165, 1.54) is 0 Å². The smallest absolute Gasteiger partial charge is 0.251 e. The molecular formula is C22H21ClN6O2. The van der Waals surface area contributed by atoms with Gasteiger partial charge in [0.1, 0.15) is 11.6 Å². The monoisotopic (exact) mass is 436 g/mol. The van der Waals surface area contributed by atoms with E-state index in [0.717, 1.165) is 11.3 Å². The third-order valence-corrected chi connectivity index (χ3v) is 4.92. The number of carbonyl (C=O) groups is 1. The zero-order chi connectivity index (χ0) is 21.6. The summed E-state index contributed by atoms with van der Waals surface area (Å²) >= 11 is 5.94. The van der Waals surface area contributed by atoms with Crippen molar-refractivity contribution in [1.29, 1.82) is 0 Å². The number of carbonyl (C=O) groups excluding carboxylic acids is 1. The van der Waals surface area contributed by atoms with Crippen molar-refractivity contribution in [2.45, 2.75) is 13.0 Å². The van der Waals surface area contributed by atoms with Gasteiger partial charge in [-0.25, -0.2) is 0 Å². The molecule has 158 valence electrons. The largest absolute Gasteiger partial charge is 0.497 e. The number of rotatable bonds is 8. The molecule has 2 aromatic carbocycles. The molecule has 2 N–H and O–H groups in total. The Morgan fingerprint density at radius 1 is 1.10 bits per heavy atom. The maximum absolute atomic E-state index is 12.3. The zero-order valence-electron chi connectivity index (χ0n) is 16.9. The molecule has 0 aliphatic heterocycles. The molecule has 2 heterocycles. The highest BCUT2D eigenvalue weighted by Crippen LogP contribution is 2.14. The van der Waals surface area contributed by atoms with Crippen LogP contribution in [0.3, 0.4) is 0 Å². The molecule has 31 heavy (non-hydrogen) atoms. The molecule has 0 saturated heterocycles. The van der Waals surface area contributed by atoms with Crippen LogP contribution in [0.4, 0.5) is 5.82 Å². The highest BCUT2D eigenvalue weighted by atomic mass is 35.5. The number of amides is 1. The topological polar surface area (TPSA) is 93.4 Å². The lowest BCUT2D eigenvalue weighted by molar-refractivity contribution is 0.0954. The third-order valence-electron chi connectivity index (χ3n) is 4.68. The van der Waals surface area contributed by atoms with Crippen LogP contribution in [0.15, 0.2) is 60.7 Å². The van der Waals surface area contributed by atoms with Gasteiger partial charge in [0, 0.05) is 30.1 Å². The molecule has 0 fully saturated rings. The van der Waals surface area contributed by atoms with Gasteiger partial charge in [0.25, 0.3) is 5.91 Å². The van der Waals surface area contributed by atoms with E-state index >= 15 is 0 Å². The second kappa shape index (κ2) is 9.44. The molecule has 0 bridgehead atoms. The predicted octanol–water partition coefficient (Wildman–Crippen LogP) is 3.37. The Hall–Kier alpha value is -3.65. The van der Waals surface area contributed by atoms with Gasteiger partial charge >= 0.3 is 0 Å². The summed E-state index contributed by atoms with van der Waals surface area (Å²) in [6.45, 7) is 1.02. The van der Waals surface area contributed by atoms with Crippen molar-refractivity contribution in [3.8, 4) is 5.75 Å². The molecule has 0 spiro atoms. The van der Waals surface area contributed by atoms with Crippen molar-refractivity contribution >= 4 is 29.0 Å². The average Bonchev–Trinajstić information content (AvgIpc) is 3.20. The maximum Gasteiger partial charge on any atom is 0.251 e. The molecule has 9 heteroatoms. The number of aromatic nitrogens is 4. The Balaban J connectivity index is 1.37. The Morgan fingerprint density at radius 3 is 2.71 bits per heavy atom. The fourth-order valence-corrected chi connectivity index (χ4v) is 3.23. The molecule has 0 unspecified atom stereocenters. The molecule has 8 nitrogen and oxygen atoms in total. The molecule has 4 aromatic rings. The second-order valence-electron chi connectivity index (χ2n) is 6.82. The molecular weight excluding hydrogens is 416 g/mol. The number of fused-ring (bicyclic) bond motifs is 1. The lowest BCUT2D eigenvalue weighted by Crippen LogP contribution is -2.26. The number of nitrogens with zero attached hydrogens (tertiary/aromatic N) is 4. The first-order chi connectivity index (χ1) is 15.1. The fraction of sp³-hybridized carbons (Fsp3) is 0.182. The lowest BCUT2D eigenvalue weighted by atomic mass is 10.2. The minimum absolute atomic E-state index is 0.189. The molecule has 0 aliphatic carbocycles. The van der Waals surface area contributed by atoms with Crippen molar-refractivity contribution in [2.24, 2.45) is 0 Å². The normalized spacial score (nSPS) is 10.8. The van der Waals surface area contributed by atoms with Gasteiger partial charge in [0.15, 0.2) is 11.5 Å². The molecule has 0 aliphatic rings. The van der Waals surface area contributed by atoms with E-state index in [1.807, 2.05) is 36.4 Å². The van der Waals surface area contributed by atoms with Crippen LogP contribution < -0.4 is 15.4 Å². The van der Waals surface area contributed by atoms with Crippen molar-refractivity contribution in [3.63, 3.8) is 0 Å². The van der Waals surface area contributed by atoms with Crippen LogP contribution in [0.1, 0.15) is 21.7 Å². The van der Waals surface area contributed by atoms with Gasteiger partial charge in [0.05, 0.1) is 7.11 Å².